The van der Waals surface area contributed by atoms with Gasteiger partial charge >= 0.3 is 0 Å². The number of anilines is 1. The lowest BCUT2D eigenvalue weighted by atomic mass is 10.1. The van der Waals surface area contributed by atoms with E-state index in [-0.39, 0.29) is 6.10 Å². The van der Waals surface area contributed by atoms with E-state index < -0.39 is 0 Å². The average Bonchev–Trinajstić information content (AvgIpc) is 2.38. The number of halogens is 2. The topological polar surface area (TPSA) is 12.5 Å². The SMILES string of the molecule is CCC1COC(C)CN1c1ccc(Br)cc1CCl. The van der Waals surface area contributed by atoms with Crippen LogP contribution in [0.2, 0.25) is 0 Å². The predicted octanol–water partition coefficient (Wildman–Crippen LogP) is 4.19. The molecular weight excluding hydrogens is 314 g/mol. The van der Waals surface area contributed by atoms with Crippen LogP contribution in [0, 0.1) is 0 Å². The number of morpholine rings is 1. The number of nitrogens with zero attached hydrogens (tertiary/aromatic N) is 1. The monoisotopic (exact) mass is 331 g/mol. The van der Waals surface area contributed by atoms with Crippen molar-refractivity contribution in [2.45, 2.75) is 38.3 Å². The van der Waals surface area contributed by atoms with Gasteiger partial charge in [-0.3, -0.25) is 0 Å². The Morgan fingerprint density at radius 1 is 1.50 bits per heavy atom. The molecule has 0 spiro atoms. The number of hydrogen-bond donors (Lipinski definition) is 0. The van der Waals surface area contributed by atoms with Gasteiger partial charge in [0.2, 0.25) is 0 Å². The van der Waals surface area contributed by atoms with E-state index in [2.05, 4.69) is 52.9 Å². The maximum absolute atomic E-state index is 6.07. The standard InChI is InChI=1S/C14H19BrClNO/c1-3-13-9-18-10(2)8-17(13)14-5-4-12(15)6-11(14)7-16/h4-6,10,13H,3,7-9H2,1-2H3. The zero-order valence-corrected chi connectivity index (χ0v) is 13.2. The van der Waals surface area contributed by atoms with E-state index in [4.69, 9.17) is 16.3 Å². The molecular formula is C14H19BrClNO. The van der Waals surface area contributed by atoms with Crippen molar-refractivity contribution in [3.8, 4) is 0 Å². The van der Waals surface area contributed by atoms with E-state index in [1.165, 1.54) is 11.3 Å². The quantitative estimate of drug-likeness (QED) is 0.770. The minimum Gasteiger partial charge on any atom is -0.375 e. The van der Waals surface area contributed by atoms with E-state index in [1.807, 2.05) is 0 Å². The van der Waals surface area contributed by atoms with Crippen molar-refractivity contribution >= 4 is 33.2 Å². The van der Waals surface area contributed by atoms with Gasteiger partial charge in [0.05, 0.1) is 18.8 Å². The average molecular weight is 333 g/mol. The molecule has 1 aliphatic heterocycles. The summed E-state index contributed by atoms with van der Waals surface area (Å²) in [5.74, 6) is 0.539. The minimum absolute atomic E-state index is 0.277. The molecule has 1 aromatic rings. The fourth-order valence-corrected chi connectivity index (χ4v) is 3.04. The largest absolute Gasteiger partial charge is 0.375 e. The van der Waals surface area contributed by atoms with Gasteiger partial charge in [-0.1, -0.05) is 22.9 Å². The summed E-state index contributed by atoms with van der Waals surface area (Å²) in [4.78, 5) is 2.44. The molecule has 0 aliphatic carbocycles. The summed E-state index contributed by atoms with van der Waals surface area (Å²) < 4.78 is 6.83. The summed E-state index contributed by atoms with van der Waals surface area (Å²) in [6.07, 6.45) is 1.37. The van der Waals surface area contributed by atoms with Crippen molar-refractivity contribution in [3.05, 3.63) is 28.2 Å². The maximum Gasteiger partial charge on any atom is 0.0723 e. The van der Waals surface area contributed by atoms with Gasteiger partial charge < -0.3 is 9.64 Å². The van der Waals surface area contributed by atoms with Crippen LogP contribution >= 0.6 is 27.5 Å². The molecule has 0 radical (unpaired) electrons. The fraction of sp³-hybridized carbons (Fsp3) is 0.571. The first-order chi connectivity index (χ1) is 8.65. The van der Waals surface area contributed by atoms with Crippen LogP contribution in [-0.2, 0) is 10.6 Å². The molecule has 1 saturated heterocycles. The van der Waals surface area contributed by atoms with Crippen LogP contribution < -0.4 is 4.90 Å². The molecule has 0 bridgehead atoms. The third-order valence-corrected chi connectivity index (χ3v) is 4.22. The second kappa shape index (κ2) is 6.27. The first-order valence-electron chi connectivity index (χ1n) is 6.38. The molecule has 2 unspecified atom stereocenters. The normalized spacial score (nSPS) is 24.3. The molecule has 2 atom stereocenters. The third-order valence-electron chi connectivity index (χ3n) is 3.43. The molecule has 1 aromatic carbocycles. The molecule has 0 saturated carbocycles. The Morgan fingerprint density at radius 2 is 2.28 bits per heavy atom. The summed E-state index contributed by atoms with van der Waals surface area (Å²) >= 11 is 9.58. The Morgan fingerprint density at radius 3 is 2.94 bits per heavy atom. The van der Waals surface area contributed by atoms with Crippen LogP contribution in [-0.4, -0.2) is 25.3 Å². The van der Waals surface area contributed by atoms with Crippen molar-refractivity contribution < 1.29 is 4.74 Å². The molecule has 2 rings (SSSR count). The predicted molar refractivity (Wildman–Crippen MR) is 80.5 cm³/mol. The van der Waals surface area contributed by atoms with Crippen molar-refractivity contribution in [1.82, 2.24) is 0 Å². The fourth-order valence-electron chi connectivity index (χ4n) is 2.42. The van der Waals surface area contributed by atoms with Crippen LogP contribution in [0.3, 0.4) is 0 Å². The molecule has 2 nitrogen and oxygen atoms in total. The molecule has 1 aliphatic rings. The number of hydrogen-bond acceptors (Lipinski definition) is 2. The summed E-state index contributed by atoms with van der Waals surface area (Å²) in [6.45, 7) is 6.06. The van der Waals surface area contributed by atoms with E-state index >= 15 is 0 Å². The molecule has 1 fully saturated rings. The first-order valence-corrected chi connectivity index (χ1v) is 7.71. The second-order valence-electron chi connectivity index (χ2n) is 4.77. The van der Waals surface area contributed by atoms with Crippen molar-refractivity contribution in [2.24, 2.45) is 0 Å². The third kappa shape index (κ3) is 3.01. The summed E-state index contributed by atoms with van der Waals surface area (Å²) in [5, 5.41) is 0. The molecule has 0 N–H and O–H groups in total. The summed E-state index contributed by atoms with van der Waals surface area (Å²) in [6, 6.07) is 6.79. The highest BCUT2D eigenvalue weighted by molar-refractivity contribution is 9.10. The van der Waals surface area contributed by atoms with Crippen LogP contribution in [0.15, 0.2) is 22.7 Å². The van der Waals surface area contributed by atoms with E-state index in [0.717, 1.165) is 24.0 Å². The van der Waals surface area contributed by atoms with Crippen LogP contribution in [0.25, 0.3) is 0 Å². The molecule has 4 heteroatoms. The minimum atomic E-state index is 0.277. The zero-order chi connectivity index (χ0) is 13.1. The van der Waals surface area contributed by atoms with Crippen molar-refractivity contribution in [1.29, 1.82) is 0 Å². The molecule has 1 heterocycles. The van der Waals surface area contributed by atoms with Gasteiger partial charge in [-0.25, -0.2) is 0 Å². The van der Waals surface area contributed by atoms with E-state index in [1.54, 1.807) is 0 Å². The van der Waals surface area contributed by atoms with Gasteiger partial charge in [0, 0.05) is 22.6 Å². The molecule has 0 aromatic heterocycles. The molecule has 0 amide bonds. The van der Waals surface area contributed by atoms with Crippen LogP contribution in [0.1, 0.15) is 25.8 Å². The Balaban J connectivity index is 2.32. The lowest BCUT2D eigenvalue weighted by molar-refractivity contribution is 0.0299. The van der Waals surface area contributed by atoms with Gasteiger partial charge in [-0.05, 0) is 37.1 Å². The Bertz CT molecular complexity index is 413. The molecule has 18 heavy (non-hydrogen) atoms. The number of ether oxygens (including phenoxy) is 1. The highest BCUT2D eigenvalue weighted by atomic mass is 79.9. The lowest BCUT2D eigenvalue weighted by Gasteiger charge is -2.40. The lowest BCUT2D eigenvalue weighted by Crippen LogP contribution is -2.49. The number of rotatable bonds is 3. The number of benzene rings is 1. The van der Waals surface area contributed by atoms with E-state index in [0.29, 0.717) is 11.9 Å². The Hall–Kier alpha value is -0.250. The van der Waals surface area contributed by atoms with Crippen LogP contribution in [0.5, 0.6) is 0 Å². The Labute approximate surface area is 122 Å². The number of alkyl halides is 1. The van der Waals surface area contributed by atoms with Gasteiger partial charge in [-0.15, -0.1) is 11.6 Å². The second-order valence-corrected chi connectivity index (χ2v) is 5.95. The van der Waals surface area contributed by atoms with Gasteiger partial charge in [-0.2, -0.15) is 0 Å². The highest BCUT2D eigenvalue weighted by Gasteiger charge is 2.26. The van der Waals surface area contributed by atoms with Crippen LogP contribution in [0.4, 0.5) is 5.69 Å². The van der Waals surface area contributed by atoms with E-state index in [9.17, 15) is 0 Å². The van der Waals surface area contributed by atoms with Gasteiger partial charge in [0.15, 0.2) is 0 Å². The highest BCUT2D eigenvalue weighted by Crippen LogP contribution is 2.30. The summed E-state index contributed by atoms with van der Waals surface area (Å²) in [5.41, 5.74) is 2.42. The Kier molecular flexibility index (Phi) is 4.93. The summed E-state index contributed by atoms with van der Waals surface area (Å²) in [7, 11) is 0. The molecule has 100 valence electrons. The maximum atomic E-state index is 6.07. The zero-order valence-electron chi connectivity index (χ0n) is 10.8. The van der Waals surface area contributed by atoms with Gasteiger partial charge in [0.25, 0.3) is 0 Å². The van der Waals surface area contributed by atoms with Crippen molar-refractivity contribution in [2.75, 3.05) is 18.1 Å². The van der Waals surface area contributed by atoms with Gasteiger partial charge in [0.1, 0.15) is 0 Å². The first kappa shape index (κ1) is 14.2. The van der Waals surface area contributed by atoms with Crippen molar-refractivity contribution in [3.63, 3.8) is 0 Å². The smallest absolute Gasteiger partial charge is 0.0723 e.